The van der Waals surface area contributed by atoms with Crippen LogP contribution in [0.1, 0.15) is 6.92 Å². The maximum atomic E-state index is 12.8. The zero-order valence-corrected chi connectivity index (χ0v) is 15.5. The van der Waals surface area contributed by atoms with Crippen molar-refractivity contribution in [3.05, 3.63) is 42.7 Å². The standard InChI is InChI=1S/C17H23N5O3S/c1-15(23)19-16-3-5-17(6-4-16)26(24,25)22-13-10-20(11-14-22)9-12-21-8-2-7-18-21/h2-8H,9-14H2,1H3,(H,19,23). The number of carbonyl (C=O) groups is 1. The second-order valence-corrected chi connectivity index (χ2v) is 8.16. The topological polar surface area (TPSA) is 87.5 Å². The molecule has 1 aromatic heterocycles. The van der Waals surface area contributed by atoms with Gasteiger partial charge in [-0.2, -0.15) is 9.40 Å². The molecular weight excluding hydrogens is 354 g/mol. The lowest BCUT2D eigenvalue weighted by Crippen LogP contribution is -2.49. The Morgan fingerprint density at radius 3 is 2.38 bits per heavy atom. The molecular formula is C17H23N5O3S. The van der Waals surface area contributed by atoms with E-state index in [0.29, 0.717) is 31.9 Å². The van der Waals surface area contributed by atoms with Crippen LogP contribution in [0.15, 0.2) is 47.6 Å². The summed E-state index contributed by atoms with van der Waals surface area (Å²) in [5, 5.41) is 6.81. The number of hydrogen-bond acceptors (Lipinski definition) is 5. The summed E-state index contributed by atoms with van der Waals surface area (Å²) in [6.07, 6.45) is 3.67. The molecule has 1 fully saturated rings. The van der Waals surface area contributed by atoms with Gasteiger partial charge in [-0.25, -0.2) is 8.42 Å². The van der Waals surface area contributed by atoms with Crippen molar-refractivity contribution in [1.82, 2.24) is 19.0 Å². The Kier molecular flexibility index (Phi) is 5.70. The van der Waals surface area contributed by atoms with Crippen molar-refractivity contribution >= 4 is 21.6 Å². The molecule has 0 aliphatic carbocycles. The minimum atomic E-state index is -3.51. The van der Waals surface area contributed by atoms with Crippen molar-refractivity contribution in [2.24, 2.45) is 0 Å². The summed E-state index contributed by atoms with van der Waals surface area (Å²) in [5.41, 5.74) is 0.583. The van der Waals surface area contributed by atoms with E-state index in [1.54, 1.807) is 18.3 Å². The third-order valence-corrected chi connectivity index (χ3v) is 6.26. The summed E-state index contributed by atoms with van der Waals surface area (Å²) >= 11 is 0. The van der Waals surface area contributed by atoms with Gasteiger partial charge in [0.25, 0.3) is 0 Å². The molecule has 0 bridgehead atoms. The van der Waals surface area contributed by atoms with Crippen LogP contribution in [0, 0.1) is 0 Å². The van der Waals surface area contributed by atoms with Crippen LogP contribution in [0.5, 0.6) is 0 Å². The van der Waals surface area contributed by atoms with Gasteiger partial charge in [0.05, 0.1) is 11.4 Å². The first-order valence-corrected chi connectivity index (χ1v) is 9.97. The average Bonchev–Trinajstić information content (AvgIpc) is 3.14. The largest absolute Gasteiger partial charge is 0.326 e. The van der Waals surface area contributed by atoms with Crippen LogP contribution >= 0.6 is 0 Å². The molecule has 1 N–H and O–H groups in total. The summed E-state index contributed by atoms with van der Waals surface area (Å²) in [7, 11) is -3.51. The smallest absolute Gasteiger partial charge is 0.243 e. The SMILES string of the molecule is CC(=O)Nc1ccc(S(=O)(=O)N2CCN(CCn3cccn3)CC2)cc1. The van der Waals surface area contributed by atoms with Gasteiger partial charge in [0, 0.05) is 57.7 Å². The number of amides is 1. The second-order valence-electron chi connectivity index (χ2n) is 6.22. The lowest BCUT2D eigenvalue weighted by molar-refractivity contribution is -0.114. The number of nitrogens with one attached hydrogen (secondary N) is 1. The second kappa shape index (κ2) is 7.98. The molecule has 0 unspecified atom stereocenters. The van der Waals surface area contributed by atoms with E-state index in [9.17, 15) is 13.2 Å². The predicted molar refractivity (Wildman–Crippen MR) is 98.2 cm³/mol. The molecule has 2 aromatic rings. The fraction of sp³-hybridized carbons (Fsp3) is 0.412. The first kappa shape index (κ1) is 18.6. The van der Waals surface area contributed by atoms with E-state index in [1.807, 2.05) is 16.9 Å². The first-order chi connectivity index (χ1) is 12.4. The Hall–Kier alpha value is -2.23. The van der Waals surface area contributed by atoms with Gasteiger partial charge in [-0.15, -0.1) is 0 Å². The van der Waals surface area contributed by atoms with E-state index >= 15 is 0 Å². The van der Waals surface area contributed by atoms with Crippen molar-refractivity contribution in [2.45, 2.75) is 18.4 Å². The molecule has 140 valence electrons. The molecule has 1 amide bonds. The van der Waals surface area contributed by atoms with Gasteiger partial charge < -0.3 is 5.32 Å². The molecule has 2 heterocycles. The van der Waals surface area contributed by atoms with Gasteiger partial charge in [-0.1, -0.05) is 0 Å². The molecule has 0 atom stereocenters. The van der Waals surface area contributed by atoms with E-state index in [-0.39, 0.29) is 10.8 Å². The number of hydrogen-bond donors (Lipinski definition) is 1. The average molecular weight is 377 g/mol. The van der Waals surface area contributed by atoms with Gasteiger partial charge in [-0.05, 0) is 30.3 Å². The number of carbonyl (C=O) groups excluding carboxylic acids is 1. The monoisotopic (exact) mass is 377 g/mol. The van der Waals surface area contributed by atoms with Crippen LogP contribution < -0.4 is 5.32 Å². The van der Waals surface area contributed by atoms with Crippen LogP contribution in [0.2, 0.25) is 0 Å². The highest BCUT2D eigenvalue weighted by Gasteiger charge is 2.28. The van der Waals surface area contributed by atoms with E-state index in [4.69, 9.17) is 0 Å². The maximum Gasteiger partial charge on any atom is 0.243 e. The predicted octanol–water partition coefficient (Wildman–Crippen LogP) is 0.848. The summed E-state index contributed by atoms with van der Waals surface area (Å²) in [6.45, 7) is 5.39. The molecule has 3 rings (SSSR count). The van der Waals surface area contributed by atoms with Crippen LogP contribution in [0.25, 0.3) is 0 Å². The number of aromatic nitrogens is 2. The van der Waals surface area contributed by atoms with E-state index in [0.717, 1.165) is 13.1 Å². The molecule has 1 aliphatic rings. The number of anilines is 1. The Morgan fingerprint density at radius 2 is 1.81 bits per heavy atom. The maximum absolute atomic E-state index is 12.8. The molecule has 26 heavy (non-hydrogen) atoms. The van der Waals surface area contributed by atoms with Gasteiger partial charge in [0.1, 0.15) is 0 Å². The summed E-state index contributed by atoms with van der Waals surface area (Å²) < 4.78 is 28.9. The fourth-order valence-corrected chi connectivity index (χ4v) is 4.35. The Morgan fingerprint density at radius 1 is 1.12 bits per heavy atom. The molecule has 8 nitrogen and oxygen atoms in total. The lowest BCUT2D eigenvalue weighted by Gasteiger charge is -2.33. The molecule has 0 saturated carbocycles. The van der Waals surface area contributed by atoms with Crippen LogP contribution in [0.4, 0.5) is 5.69 Å². The summed E-state index contributed by atoms with van der Waals surface area (Å²) in [4.78, 5) is 13.5. The number of nitrogens with zero attached hydrogens (tertiary/aromatic N) is 4. The number of piperazine rings is 1. The Labute approximate surface area is 153 Å². The number of benzene rings is 1. The zero-order chi connectivity index (χ0) is 18.6. The summed E-state index contributed by atoms with van der Waals surface area (Å²) in [6, 6.07) is 8.17. The third-order valence-electron chi connectivity index (χ3n) is 4.35. The molecule has 1 aromatic carbocycles. The normalized spacial score (nSPS) is 16.5. The van der Waals surface area contributed by atoms with Gasteiger partial charge in [0.15, 0.2) is 0 Å². The fourth-order valence-electron chi connectivity index (χ4n) is 2.93. The van der Waals surface area contributed by atoms with Crippen molar-refractivity contribution in [3.8, 4) is 0 Å². The van der Waals surface area contributed by atoms with E-state index in [2.05, 4.69) is 15.3 Å². The lowest BCUT2D eigenvalue weighted by atomic mass is 10.3. The van der Waals surface area contributed by atoms with Crippen LogP contribution in [0.3, 0.4) is 0 Å². The zero-order valence-electron chi connectivity index (χ0n) is 14.7. The van der Waals surface area contributed by atoms with Gasteiger partial charge >= 0.3 is 0 Å². The molecule has 0 radical (unpaired) electrons. The van der Waals surface area contributed by atoms with Gasteiger partial charge in [-0.3, -0.25) is 14.4 Å². The molecule has 1 aliphatic heterocycles. The minimum absolute atomic E-state index is 0.188. The highest BCUT2D eigenvalue weighted by molar-refractivity contribution is 7.89. The molecule has 1 saturated heterocycles. The van der Waals surface area contributed by atoms with Crippen LogP contribution in [-0.2, 0) is 21.4 Å². The van der Waals surface area contributed by atoms with Crippen molar-refractivity contribution in [3.63, 3.8) is 0 Å². The third kappa shape index (κ3) is 4.48. The van der Waals surface area contributed by atoms with Crippen molar-refractivity contribution < 1.29 is 13.2 Å². The Balaban J connectivity index is 1.56. The molecule has 0 spiro atoms. The number of sulfonamides is 1. The minimum Gasteiger partial charge on any atom is -0.326 e. The first-order valence-electron chi connectivity index (χ1n) is 8.53. The number of rotatable bonds is 6. The van der Waals surface area contributed by atoms with Crippen molar-refractivity contribution in [2.75, 3.05) is 38.0 Å². The Bertz CT molecular complexity index is 826. The van der Waals surface area contributed by atoms with Crippen LogP contribution in [-0.4, -0.2) is 66.0 Å². The molecule has 9 heteroatoms. The van der Waals surface area contributed by atoms with Crippen molar-refractivity contribution in [1.29, 1.82) is 0 Å². The van der Waals surface area contributed by atoms with E-state index in [1.165, 1.54) is 23.4 Å². The van der Waals surface area contributed by atoms with E-state index < -0.39 is 10.0 Å². The highest BCUT2D eigenvalue weighted by Crippen LogP contribution is 2.20. The quantitative estimate of drug-likeness (QED) is 0.806. The van der Waals surface area contributed by atoms with Gasteiger partial charge in [0.2, 0.25) is 15.9 Å². The summed E-state index contributed by atoms with van der Waals surface area (Å²) in [5.74, 6) is -0.188. The highest BCUT2D eigenvalue weighted by atomic mass is 32.2.